The summed E-state index contributed by atoms with van der Waals surface area (Å²) in [5.41, 5.74) is 0. The van der Waals surface area contributed by atoms with Crippen LogP contribution >= 0.6 is 0 Å². The molecule has 0 radical (unpaired) electrons. The molecule has 4 nitrogen and oxygen atoms in total. The van der Waals surface area contributed by atoms with Gasteiger partial charge in [0.2, 0.25) is 0 Å². The summed E-state index contributed by atoms with van der Waals surface area (Å²) < 4.78 is 5.09. The molecule has 0 aliphatic heterocycles. The van der Waals surface area contributed by atoms with E-state index in [2.05, 4.69) is 20.8 Å². The molecule has 0 rings (SSSR count). The Labute approximate surface area is 206 Å². The average molecular weight is 483 g/mol. The molecule has 0 bridgehead atoms. The summed E-state index contributed by atoms with van der Waals surface area (Å²) in [6, 6.07) is 6.11. The van der Waals surface area contributed by atoms with Crippen molar-refractivity contribution < 1.29 is 19.4 Å². The smallest absolute Gasteiger partial charge is 0.331 e. The first-order valence-corrected chi connectivity index (χ1v) is 16.9. The van der Waals surface area contributed by atoms with Gasteiger partial charge in [-0.3, -0.25) is 0 Å². The molecule has 5 heteroatoms. The van der Waals surface area contributed by atoms with Crippen LogP contribution in [0.15, 0.2) is 12.2 Å². The van der Waals surface area contributed by atoms with E-state index in [0.29, 0.717) is 6.61 Å². The van der Waals surface area contributed by atoms with E-state index in [4.69, 9.17) is 9.84 Å². The lowest BCUT2D eigenvalue weighted by molar-refractivity contribution is -0.138. The van der Waals surface area contributed by atoms with Crippen LogP contribution in [0.1, 0.15) is 124 Å². The monoisotopic (exact) mass is 482 g/mol. The molecule has 194 valence electrons. The van der Waals surface area contributed by atoms with E-state index < -0.39 is 20.0 Å². The lowest BCUT2D eigenvalue weighted by Gasteiger charge is -2.33. The number of esters is 1. The van der Waals surface area contributed by atoms with Crippen molar-refractivity contribution in [1.82, 2.24) is 0 Å². The Bertz CT molecular complexity index is 473. The van der Waals surface area contributed by atoms with Crippen LogP contribution < -0.4 is 0 Å². The van der Waals surface area contributed by atoms with Crippen molar-refractivity contribution >= 4 is 20.0 Å². The van der Waals surface area contributed by atoms with Gasteiger partial charge in [-0.25, -0.2) is 9.59 Å². The quantitative estimate of drug-likeness (QED) is 0.0645. The Balaban J connectivity index is 4.58. The zero-order valence-electron chi connectivity index (χ0n) is 22.2. The number of carboxylic acid groups (broad SMARTS) is 1. The van der Waals surface area contributed by atoms with E-state index in [1.807, 2.05) is 0 Å². The van der Waals surface area contributed by atoms with Gasteiger partial charge in [0.25, 0.3) is 0 Å². The highest BCUT2D eigenvalue weighted by Gasteiger charge is 2.30. The minimum atomic E-state index is -1.20. The van der Waals surface area contributed by atoms with Gasteiger partial charge in [-0.05, 0) is 6.42 Å². The van der Waals surface area contributed by atoms with Gasteiger partial charge >= 0.3 is 11.9 Å². The van der Waals surface area contributed by atoms with Crippen molar-refractivity contribution in [1.29, 1.82) is 0 Å². The summed E-state index contributed by atoms with van der Waals surface area (Å²) >= 11 is 0. The molecule has 0 aliphatic carbocycles. The average Bonchev–Trinajstić information content (AvgIpc) is 2.80. The van der Waals surface area contributed by atoms with E-state index in [-0.39, 0.29) is 0 Å². The first kappa shape index (κ1) is 31.9. The molecule has 1 N–H and O–H groups in total. The largest absolute Gasteiger partial charge is 0.478 e. The highest BCUT2D eigenvalue weighted by Crippen LogP contribution is 2.35. The summed E-state index contributed by atoms with van der Waals surface area (Å²) in [4.78, 5) is 21.9. The fraction of sp³-hybridized carbons (Fsp3) is 0.857. The maximum atomic E-state index is 11.4. The van der Waals surface area contributed by atoms with Gasteiger partial charge in [0, 0.05) is 12.2 Å². The van der Waals surface area contributed by atoms with E-state index in [1.54, 1.807) is 18.1 Å². The van der Waals surface area contributed by atoms with Gasteiger partial charge in [0.15, 0.2) is 0 Å². The Morgan fingerprint density at radius 3 is 1.39 bits per heavy atom. The molecular weight excluding hydrogens is 428 g/mol. The predicted octanol–water partition coefficient (Wildman–Crippen LogP) is 8.92. The van der Waals surface area contributed by atoms with E-state index >= 15 is 0 Å². The number of rotatable bonds is 24. The van der Waals surface area contributed by atoms with E-state index in [9.17, 15) is 9.59 Å². The Morgan fingerprint density at radius 1 is 0.606 bits per heavy atom. The number of carboxylic acids is 1. The van der Waals surface area contributed by atoms with Crippen LogP contribution in [-0.2, 0) is 14.3 Å². The molecule has 0 amide bonds. The number of carbonyl (C=O) groups is 2. The summed E-state index contributed by atoms with van der Waals surface area (Å²) in [6.45, 7) is 7.30. The van der Waals surface area contributed by atoms with Crippen LogP contribution in [0, 0.1) is 0 Å². The topological polar surface area (TPSA) is 63.6 Å². The molecule has 0 saturated heterocycles. The number of carbonyl (C=O) groups excluding carboxylic acids is 1. The molecule has 0 unspecified atom stereocenters. The summed E-state index contributed by atoms with van der Waals surface area (Å²) in [6.07, 6.45) is 23.0. The van der Waals surface area contributed by atoms with Crippen molar-refractivity contribution in [3.8, 4) is 0 Å². The zero-order valence-corrected chi connectivity index (χ0v) is 23.2. The SMILES string of the molecule is CCCCCC[Si](CCCCCC)(CCCCCC)CCCCCCOC(=O)/C=C\C(=O)O. The zero-order chi connectivity index (χ0) is 24.6. The fourth-order valence-electron chi connectivity index (χ4n) is 4.85. The predicted molar refractivity (Wildman–Crippen MR) is 144 cm³/mol. The highest BCUT2D eigenvalue weighted by molar-refractivity contribution is 6.79. The maximum Gasteiger partial charge on any atom is 0.331 e. The number of ether oxygens (including phenoxy) is 1. The number of aliphatic carboxylic acids is 1. The Morgan fingerprint density at radius 2 is 1.00 bits per heavy atom. The van der Waals surface area contributed by atoms with Gasteiger partial charge < -0.3 is 9.84 Å². The van der Waals surface area contributed by atoms with Crippen LogP contribution in [0.25, 0.3) is 0 Å². The lowest BCUT2D eigenvalue weighted by Crippen LogP contribution is -2.34. The standard InChI is InChI=1S/C28H54O4Si/c1-4-7-10-16-23-33(24-17-11-8-5-2,25-18-12-9-6-3)26-19-14-13-15-22-32-28(31)21-20-27(29)30/h20-21H,4-19,22-26H2,1-3H3,(H,29,30)/b21-20-. The minimum absolute atomic E-state index is 0.385. The van der Waals surface area contributed by atoms with E-state index in [1.165, 1.54) is 95.9 Å². The Kier molecular flexibility index (Phi) is 21.9. The van der Waals surface area contributed by atoms with Crippen LogP contribution in [0.5, 0.6) is 0 Å². The molecular formula is C28H54O4Si. The molecule has 0 aliphatic rings. The van der Waals surface area contributed by atoms with Crippen LogP contribution in [-0.4, -0.2) is 31.7 Å². The van der Waals surface area contributed by atoms with Crippen LogP contribution in [0.4, 0.5) is 0 Å². The van der Waals surface area contributed by atoms with Crippen LogP contribution in [0.3, 0.4) is 0 Å². The molecule has 0 spiro atoms. The summed E-state index contributed by atoms with van der Waals surface area (Å²) in [7, 11) is -1.20. The van der Waals surface area contributed by atoms with Gasteiger partial charge in [0.05, 0.1) is 14.7 Å². The molecule has 0 saturated carbocycles. The molecule has 0 fully saturated rings. The van der Waals surface area contributed by atoms with Gasteiger partial charge in [-0.15, -0.1) is 0 Å². The normalized spacial score (nSPS) is 11.8. The van der Waals surface area contributed by atoms with Crippen molar-refractivity contribution in [3.63, 3.8) is 0 Å². The second-order valence-corrected chi connectivity index (χ2v) is 14.9. The molecule has 0 aromatic carbocycles. The van der Waals surface area contributed by atoms with Gasteiger partial charge in [-0.2, -0.15) is 0 Å². The second kappa shape index (κ2) is 22.7. The first-order chi connectivity index (χ1) is 16.0. The highest BCUT2D eigenvalue weighted by atomic mass is 28.3. The minimum Gasteiger partial charge on any atom is -0.478 e. The summed E-state index contributed by atoms with van der Waals surface area (Å²) in [5, 5.41) is 8.55. The van der Waals surface area contributed by atoms with Crippen molar-refractivity contribution in [2.75, 3.05) is 6.61 Å². The number of hydrogen-bond acceptors (Lipinski definition) is 3. The van der Waals surface area contributed by atoms with E-state index in [0.717, 1.165) is 25.0 Å². The number of hydrogen-bond donors (Lipinski definition) is 1. The molecule has 0 aromatic rings. The lowest BCUT2D eigenvalue weighted by atomic mass is 10.2. The third kappa shape index (κ3) is 20.0. The fourth-order valence-corrected chi connectivity index (χ4v) is 10.3. The van der Waals surface area contributed by atoms with Crippen molar-refractivity contribution in [3.05, 3.63) is 12.2 Å². The van der Waals surface area contributed by atoms with Crippen molar-refractivity contribution in [2.45, 2.75) is 148 Å². The third-order valence-electron chi connectivity index (χ3n) is 6.89. The molecule has 33 heavy (non-hydrogen) atoms. The second-order valence-electron chi connectivity index (χ2n) is 9.94. The molecule has 0 heterocycles. The Hall–Kier alpha value is -1.10. The van der Waals surface area contributed by atoms with Gasteiger partial charge in [-0.1, -0.05) is 141 Å². The third-order valence-corrected chi connectivity index (χ3v) is 12.5. The number of unbranched alkanes of at least 4 members (excludes halogenated alkanes) is 12. The molecule has 0 atom stereocenters. The van der Waals surface area contributed by atoms with Crippen LogP contribution in [0.2, 0.25) is 24.2 Å². The van der Waals surface area contributed by atoms with Gasteiger partial charge in [0.1, 0.15) is 0 Å². The first-order valence-electron chi connectivity index (χ1n) is 14.1. The van der Waals surface area contributed by atoms with Crippen molar-refractivity contribution in [2.24, 2.45) is 0 Å². The summed E-state index contributed by atoms with van der Waals surface area (Å²) in [5.74, 6) is -1.69. The maximum absolute atomic E-state index is 11.4. The molecule has 0 aromatic heterocycles.